The minimum absolute atomic E-state index is 0.128. The molecule has 4 aliphatic rings. The van der Waals surface area contributed by atoms with Crippen molar-refractivity contribution in [2.75, 3.05) is 25.1 Å². The average molecular weight is 545 g/mol. The van der Waals surface area contributed by atoms with E-state index in [0.29, 0.717) is 18.1 Å². The minimum Gasteiger partial charge on any atom is -0.493 e. The van der Waals surface area contributed by atoms with E-state index in [4.69, 9.17) is 16.3 Å². The van der Waals surface area contributed by atoms with E-state index >= 15 is 0 Å². The predicted molar refractivity (Wildman–Crippen MR) is 136 cm³/mol. The summed E-state index contributed by atoms with van der Waals surface area (Å²) in [6.45, 7) is 2.88. The van der Waals surface area contributed by atoms with Crippen LogP contribution in [0.5, 0.6) is 5.75 Å². The van der Waals surface area contributed by atoms with Gasteiger partial charge in [0.05, 0.1) is 25.3 Å². The Bertz CT molecular complexity index is 1370. The fourth-order valence-corrected chi connectivity index (χ4v) is 7.04. The summed E-state index contributed by atoms with van der Waals surface area (Å²) in [6, 6.07) is 9.46. The summed E-state index contributed by atoms with van der Waals surface area (Å²) in [5.41, 5.74) is 2.21. The highest BCUT2D eigenvalue weighted by Gasteiger charge is 2.55. The van der Waals surface area contributed by atoms with Crippen LogP contribution in [0.25, 0.3) is 5.69 Å². The zero-order chi connectivity index (χ0) is 26.2. The summed E-state index contributed by atoms with van der Waals surface area (Å²) in [5.74, 6) is 2.45. The molecular formula is C27H28ClF3N6O. The van der Waals surface area contributed by atoms with E-state index in [1.807, 2.05) is 30.3 Å². The van der Waals surface area contributed by atoms with Crippen molar-refractivity contribution in [1.82, 2.24) is 24.6 Å². The maximum absolute atomic E-state index is 13.2. The van der Waals surface area contributed by atoms with Gasteiger partial charge >= 0.3 is 6.18 Å². The zero-order valence-corrected chi connectivity index (χ0v) is 21.7. The van der Waals surface area contributed by atoms with Crippen molar-refractivity contribution in [3.63, 3.8) is 0 Å². The summed E-state index contributed by atoms with van der Waals surface area (Å²) < 4.78 is 47.1. The van der Waals surface area contributed by atoms with Gasteiger partial charge in [0, 0.05) is 48.2 Å². The number of alkyl halides is 3. The van der Waals surface area contributed by atoms with Crippen LogP contribution in [0.15, 0.2) is 36.5 Å². The molecule has 200 valence electrons. The Hall–Kier alpha value is -2.85. The second-order valence-corrected chi connectivity index (χ2v) is 11.8. The van der Waals surface area contributed by atoms with Gasteiger partial charge < -0.3 is 9.64 Å². The standard InChI is InChI=1S/C27H28ClF3N6O/c1-38-22-3-2-6-32-25(22)36-14-26(15-36)10-17(11-26)24-34-33-23-13-35(20-8-18(9-20)27(29,30)31)12-16-7-19(28)4-5-21(16)37(23)24/h2-7,17-18,20H,8-15H2,1H3. The van der Waals surface area contributed by atoms with Crippen LogP contribution in [-0.2, 0) is 13.1 Å². The number of aromatic nitrogens is 4. The summed E-state index contributed by atoms with van der Waals surface area (Å²) in [6.07, 6.45) is -0.0572. The molecule has 2 saturated carbocycles. The van der Waals surface area contributed by atoms with E-state index in [2.05, 4.69) is 29.5 Å². The number of pyridine rings is 1. The van der Waals surface area contributed by atoms with Crippen molar-refractivity contribution >= 4 is 17.4 Å². The molecule has 0 bridgehead atoms. The number of methoxy groups -OCH3 is 1. The topological polar surface area (TPSA) is 59.3 Å². The second kappa shape index (κ2) is 8.58. The SMILES string of the molecule is COc1cccnc1N1CC2(CC(c3nnc4n3-c3ccc(Cl)cc3CN(C3CC(C(F)(F)F)C3)C4)C2)C1. The summed E-state index contributed by atoms with van der Waals surface area (Å²) >= 11 is 6.35. The Labute approximate surface area is 223 Å². The normalized spacial score (nSPS) is 24.6. The van der Waals surface area contributed by atoms with Crippen molar-refractivity contribution in [2.24, 2.45) is 11.3 Å². The number of rotatable bonds is 4. The molecular weight excluding hydrogens is 517 g/mol. The van der Waals surface area contributed by atoms with E-state index in [1.54, 1.807) is 13.3 Å². The molecule has 1 saturated heterocycles. The summed E-state index contributed by atoms with van der Waals surface area (Å²) in [7, 11) is 1.66. The van der Waals surface area contributed by atoms with Crippen molar-refractivity contribution in [2.45, 2.75) is 56.9 Å². The third-order valence-corrected chi connectivity index (χ3v) is 9.13. The van der Waals surface area contributed by atoms with Crippen LogP contribution in [-0.4, -0.2) is 57.1 Å². The Morgan fingerprint density at radius 1 is 1.08 bits per heavy atom. The fourth-order valence-electron chi connectivity index (χ4n) is 6.84. The molecule has 2 aliphatic heterocycles. The largest absolute Gasteiger partial charge is 0.493 e. The van der Waals surface area contributed by atoms with Crippen LogP contribution in [0.2, 0.25) is 5.02 Å². The molecule has 1 aromatic carbocycles. The van der Waals surface area contributed by atoms with Crippen molar-refractivity contribution in [1.29, 1.82) is 0 Å². The molecule has 3 fully saturated rings. The maximum atomic E-state index is 13.2. The molecule has 0 unspecified atom stereocenters. The number of hydrogen-bond donors (Lipinski definition) is 0. The Morgan fingerprint density at radius 2 is 1.87 bits per heavy atom. The Morgan fingerprint density at radius 3 is 2.61 bits per heavy atom. The lowest BCUT2D eigenvalue weighted by Crippen LogP contribution is -2.62. The van der Waals surface area contributed by atoms with Gasteiger partial charge in [0.2, 0.25) is 0 Å². The maximum Gasteiger partial charge on any atom is 0.391 e. The van der Waals surface area contributed by atoms with E-state index < -0.39 is 12.1 Å². The average Bonchev–Trinajstić information content (AvgIpc) is 3.11. The third-order valence-electron chi connectivity index (χ3n) is 8.89. The third kappa shape index (κ3) is 3.87. The van der Waals surface area contributed by atoms with Gasteiger partial charge in [-0.3, -0.25) is 9.47 Å². The van der Waals surface area contributed by atoms with E-state index in [9.17, 15) is 13.2 Å². The van der Waals surface area contributed by atoms with Crippen LogP contribution < -0.4 is 9.64 Å². The van der Waals surface area contributed by atoms with Gasteiger partial charge in [0.15, 0.2) is 17.4 Å². The molecule has 7 rings (SSSR count). The predicted octanol–water partition coefficient (Wildman–Crippen LogP) is 5.36. The first-order chi connectivity index (χ1) is 18.2. The smallest absolute Gasteiger partial charge is 0.391 e. The van der Waals surface area contributed by atoms with Gasteiger partial charge in [-0.2, -0.15) is 13.2 Å². The lowest BCUT2D eigenvalue weighted by atomic mass is 9.57. The lowest BCUT2D eigenvalue weighted by molar-refractivity contribution is -0.207. The van der Waals surface area contributed by atoms with E-state index in [-0.39, 0.29) is 30.2 Å². The second-order valence-electron chi connectivity index (χ2n) is 11.3. The van der Waals surface area contributed by atoms with Gasteiger partial charge in [-0.1, -0.05) is 11.6 Å². The molecule has 2 aliphatic carbocycles. The van der Waals surface area contributed by atoms with Gasteiger partial charge in [0.25, 0.3) is 0 Å². The lowest BCUT2D eigenvalue weighted by Gasteiger charge is -2.59. The van der Waals surface area contributed by atoms with E-state index in [1.165, 1.54) is 0 Å². The van der Waals surface area contributed by atoms with Crippen molar-refractivity contribution < 1.29 is 17.9 Å². The number of nitrogens with zero attached hydrogens (tertiary/aromatic N) is 6. The molecule has 2 aromatic heterocycles. The number of hydrogen-bond acceptors (Lipinski definition) is 6. The van der Waals surface area contributed by atoms with Crippen molar-refractivity contribution in [3.8, 4) is 11.4 Å². The number of benzene rings is 1. The van der Waals surface area contributed by atoms with Crippen LogP contribution in [0.1, 0.15) is 48.8 Å². The molecule has 38 heavy (non-hydrogen) atoms. The fraction of sp³-hybridized carbons (Fsp3) is 0.519. The molecule has 1 spiro atoms. The van der Waals surface area contributed by atoms with Gasteiger partial charge in [-0.25, -0.2) is 4.98 Å². The van der Waals surface area contributed by atoms with Gasteiger partial charge in [0.1, 0.15) is 5.82 Å². The molecule has 4 heterocycles. The van der Waals surface area contributed by atoms with Crippen molar-refractivity contribution in [3.05, 3.63) is 58.8 Å². The number of halogens is 4. The minimum atomic E-state index is -4.13. The van der Waals surface area contributed by atoms with Crippen LogP contribution in [0.3, 0.4) is 0 Å². The highest BCUT2D eigenvalue weighted by atomic mass is 35.5. The highest BCUT2D eigenvalue weighted by molar-refractivity contribution is 6.30. The molecule has 7 nitrogen and oxygen atoms in total. The number of anilines is 1. The van der Waals surface area contributed by atoms with Crippen LogP contribution >= 0.6 is 11.6 Å². The molecule has 0 radical (unpaired) electrons. The van der Waals surface area contributed by atoms with Crippen LogP contribution in [0.4, 0.5) is 19.0 Å². The molecule has 3 aromatic rings. The zero-order valence-electron chi connectivity index (χ0n) is 21.0. The van der Waals surface area contributed by atoms with E-state index in [0.717, 1.165) is 60.4 Å². The molecule has 0 N–H and O–H groups in total. The highest BCUT2D eigenvalue weighted by Crippen LogP contribution is 2.57. The monoisotopic (exact) mass is 544 g/mol. The number of ether oxygens (including phenoxy) is 1. The number of fused-ring (bicyclic) bond motifs is 3. The first-order valence-corrected chi connectivity index (χ1v) is 13.4. The Balaban J connectivity index is 1.11. The summed E-state index contributed by atoms with van der Waals surface area (Å²) in [4.78, 5) is 8.89. The van der Waals surface area contributed by atoms with Gasteiger partial charge in [-0.05, 0) is 61.6 Å². The van der Waals surface area contributed by atoms with Crippen LogP contribution in [0, 0.1) is 11.3 Å². The first kappa shape index (κ1) is 24.2. The Kier molecular flexibility index (Phi) is 5.46. The van der Waals surface area contributed by atoms with Gasteiger partial charge in [-0.15, -0.1) is 10.2 Å². The molecule has 0 atom stereocenters. The quantitative estimate of drug-likeness (QED) is 0.440. The molecule has 11 heteroatoms. The first-order valence-electron chi connectivity index (χ1n) is 13.0. The summed E-state index contributed by atoms with van der Waals surface area (Å²) in [5, 5.41) is 9.80. The molecule has 0 amide bonds.